The van der Waals surface area contributed by atoms with Crippen molar-refractivity contribution in [2.45, 2.75) is 43.7 Å². The highest BCUT2D eigenvalue weighted by Crippen LogP contribution is 2.45. The molecule has 2 N–H and O–H groups in total. The van der Waals surface area contributed by atoms with Crippen molar-refractivity contribution in [2.24, 2.45) is 5.73 Å². The number of carbonyl (C=O) groups excluding carboxylic acids is 1. The highest BCUT2D eigenvalue weighted by Gasteiger charge is 2.58. The highest BCUT2D eigenvalue weighted by molar-refractivity contribution is 6.07. The van der Waals surface area contributed by atoms with Gasteiger partial charge in [-0.05, 0) is 25.0 Å². The van der Waals surface area contributed by atoms with Crippen molar-refractivity contribution in [3.05, 3.63) is 30.3 Å². The maximum atomic E-state index is 12.0. The Balaban J connectivity index is 1.95. The predicted octanol–water partition coefficient (Wildman–Crippen LogP) is 2.06. The van der Waals surface area contributed by atoms with Crippen LogP contribution in [0, 0.1) is 0 Å². The third kappa shape index (κ3) is 1.42. The SMILES string of the molecule is N[C@@H]1C(=O)N(c2ccccc2)C12CCCCC2. The van der Waals surface area contributed by atoms with Crippen molar-refractivity contribution >= 4 is 11.6 Å². The molecule has 1 saturated carbocycles. The fraction of sp³-hybridized carbons (Fsp3) is 0.500. The van der Waals surface area contributed by atoms with E-state index in [4.69, 9.17) is 5.73 Å². The van der Waals surface area contributed by atoms with Gasteiger partial charge in [0.15, 0.2) is 0 Å². The molecule has 1 aromatic rings. The summed E-state index contributed by atoms with van der Waals surface area (Å²) >= 11 is 0. The smallest absolute Gasteiger partial charge is 0.246 e. The minimum absolute atomic E-state index is 0.0816. The number of carbonyl (C=O) groups is 1. The number of hydrogen-bond acceptors (Lipinski definition) is 2. The van der Waals surface area contributed by atoms with E-state index in [1.807, 2.05) is 35.2 Å². The molecule has 1 amide bonds. The van der Waals surface area contributed by atoms with Gasteiger partial charge in [-0.2, -0.15) is 0 Å². The van der Waals surface area contributed by atoms with Gasteiger partial charge in [0, 0.05) is 5.69 Å². The lowest BCUT2D eigenvalue weighted by molar-refractivity contribution is -0.131. The minimum Gasteiger partial charge on any atom is -0.318 e. The molecular formula is C14H18N2O. The zero-order valence-corrected chi connectivity index (χ0v) is 9.93. The third-order valence-electron chi connectivity index (χ3n) is 4.24. The fourth-order valence-corrected chi connectivity index (χ4v) is 3.32. The number of benzene rings is 1. The van der Waals surface area contributed by atoms with Gasteiger partial charge in [-0.3, -0.25) is 4.79 Å². The molecular weight excluding hydrogens is 212 g/mol. The van der Waals surface area contributed by atoms with Crippen LogP contribution in [-0.2, 0) is 4.79 Å². The molecule has 1 atom stereocenters. The Morgan fingerprint density at radius 3 is 2.41 bits per heavy atom. The number of amides is 1. The second kappa shape index (κ2) is 3.84. The molecule has 2 aliphatic rings. The van der Waals surface area contributed by atoms with Crippen LogP contribution in [0.15, 0.2) is 30.3 Å². The molecule has 0 radical (unpaired) electrons. The molecule has 3 heteroatoms. The average molecular weight is 230 g/mol. The number of para-hydroxylation sites is 1. The van der Waals surface area contributed by atoms with E-state index in [0.717, 1.165) is 18.5 Å². The molecule has 3 nitrogen and oxygen atoms in total. The van der Waals surface area contributed by atoms with Gasteiger partial charge in [0.2, 0.25) is 5.91 Å². The quantitative estimate of drug-likeness (QED) is 0.751. The number of nitrogens with zero attached hydrogens (tertiary/aromatic N) is 1. The van der Waals surface area contributed by atoms with Crippen LogP contribution in [0.3, 0.4) is 0 Å². The number of anilines is 1. The van der Waals surface area contributed by atoms with Gasteiger partial charge in [-0.1, -0.05) is 37.5 Å². The summed E-state index contributed by atoms with van der Waals surface area (Å²) in [6.07, 6.45) is 5.74. The summed E-state index contributed by atoms with van der Waals surface area (Å²) in [6.45, 7) is 0. The summed E-state index contributed by atoms with van der Waals surface area (Å²) < 4.78 is 0. The van der Waals surface area contributed by atoms with E-state index in [-0.39, 0.29) is 17.5 Å². The molecule has 1 aromatic carbocycles. The van der Waals surface area contributed by atoms with E-state index in [1.165, 1.54) is 19.3 Å². The number of β-lactam (4-membered cyclic amide) rings is 1. The summed E-state index contributed by atoms with van der Waals surface area (Å²) in [5.74, 6) is 0.0816. The van der Waals surface area contributed by atoms with Crippen LogP contribution in [0.25, 0.3) is 0 Å². The van der Waals surface area contributed by atoms with Crippen LogP contribution in [0.1, 0.15) is 32.1 Å². The summed E-state index contributed by atoms with van der Waals surface area (Å²) in [5, 5.41) is 0. The van der Waals surface area contributed by atoms with Crippen molar-refractivity contribution in [3.8, 4) is 0 Å². The van der Waals surface area contributed by atoms with E-state index in [2.05, 4.69) is 0 Å². The van der Waals surface area contributed by atoms with Crippen LogP contribution in [0.2, 0.25) is 0 Å². The van der Waals surface area contributed by atoms with Gasteiger partial charge < -0.3 is 10.6 Å². The summed E-state index contributed by atoms with van der Waals surface area (Å²) in [5.41, 5.74) is 6.98. The molecule has 1 heterocycles. The van der Waals surface area contributed by atoms with E-state index >= 15 is 0 Å². The molecule has 0 aromatic heterocycles. The van der Waals surface area contributed by atoms with Crippen LogP contribution in [-0.4, -0.2) is 17.5 Å². The second-order valence-corrected chi connectivity index (χ2v) is 5.15. The van der Waals surface area contributed by atoms with Gasteiger partial charge in [-0.25, -0.2) is 0 Å². The molecule has 1 saturated heterocycles. The topological polar surface area (TPSA) is 46.3 Å². The molecule has 90 valence electrons. The first-order valence-electron chi connectivity index (χ1n) is 6.40. The Bertz CT molecular complexity index is 423. The maximum Gasteiger partial charge on any atom is 0.246 e. The summed E-state index contributed by atoms with van der Waals surface area (Å²) in [6, 6.07) is 9.64. The van der Waals surface area contributed by atoms with Crippen molar-refractivity contribution in [2.75, 3.05) is 4.90 Å². The lowest BCUT2D eigenvalue weighted by atomic mass is 9.68. The predicted molar refractivity (Wildman–Crippen MR) is 67.7 cm³/mol. The van der Waals surface area contributed by atoms with E-state index in [0.29, 0.717) is 0 Å². The Hall–Kier alpha value is -1.35. The standard InChI is InChI=1S/C14H18N2O/c15-12-13(17)16(11-7-3-1-4-8-11)14(12)9-5-2-6-10-14/h1,3-4,7-8,12H,2,5-6,9-10,15H2/t12-/m1/s1. The van der Waals surface area contributed by atoms with Crippen molar-refractivity contribution in [3.63, 3.8) is 0 Å². The molecule has 1 spiro atoms. The Morgan fingerprint density at radius 1 is 1.12 bits per heavy atom. The lowest BCUT2D eigenvalue weighted by Crippen LogP contribution is -2.78. The normalized spacial score (nSPS) is 27.0. The van der Waals surface area contributed by atoms with Crippen LogP contribution < -0.4 is 10.6 Å². The first-order chi connectivity index (χ1) is 8.26. The number of nitrogens with two attached hydrogens (primary N) is 1. The molecule has 2 fully saturated rings. The lowest BCUT2D eigenvalue weighted by Gasteiger charge is -2.58. The zero-order valence-electron chi connectivity index (χ0n) is 9.93. The summed E-state index contributed by atoms with van der Waals surface area (Å²) in [4.78, 5) is 14.0. The van der Waals surface area contributed by atoms with Gasteiger partial charge in [0.25, 0.3) is 0 Å². The molecule has 0 unspecified atom stereocenters. The highest BCUT2D eigenvalue weighted by atomic mass is 16.2. The van der Waals surface area contributed by atoms with Crippen LogP contribution >= 0.6 is 0 Å². The van der Waals surface area contributed by atoms with E-state index in [1.54, 1.807) is 0 Å². The van der Waals surface area contributed by atoms with Crippen molar-refractivity contribution in [1.82, 2.24) is 0 Å². The third-order valence-corrected chi connectivity index (χ3v) is 4.24. The monoisotopic (exact) mass is 230 g/mol. The first-order valence-corrected chi connectivity index (χ1v) is 6.40. The largest absolute Gasteiger partial charge is 0.318 e. The zero-order chi connectivity index (χ0) is 11.9. The van der Waals surface area contributed by atoms with Gasteiger partial charge in [0.05, 0.1) is 5.54 Å². The molecule has 1 aliphatic carbocycles. The van der Waals surface area contributed by atoms with Crippen LogP contribution in [0.4, 0.5) is 5.69 Å². The van der Waals surface area contributed by atoms with E-state index in [9.17, 15) is 4.79 Å². The minimum atomic E-state index is -0.289. The van der Waals surface area contributed by atoms with E-state index < -0.39 is 0 Å². The maximum absolute atomic E-state index is 12.0. The fourth-order valence-electron chi connectivity index (χ4n) is 3.32. The first kappa shape index (κ1) is 10.8. The second-order valence-electron chi connectivity index (χ2n) is 5.15. The summed E-state index contributed by atoms with van der Waals surface area (Å²) in [7, 11) is 0. The van der Waals surface area contributed by atoms with Crippen LogP contribution in [0.5, 0.6) is 0 Å². The molecule has 0 bridgehead atoms. The Kier molecular flexibility index (Phi) is 2.44. The van der Waals surface area contributed by atoms with Gasteiger partial charge >= 0.3 is 0 Å². The number of rotatable bonds is 1. The Labute approximate surface area is 102 Å². The van der Waals surface area contributed by atoms with Gasteiger partial charge in [0.1, 0.15) is 6.04 Å². The number of hydrogen-bond donors (Lipinski definition) is 1. The Morgan fingerprint density at radius 2 is 1.76 bits per heavy atom. The molecule has 17 heavy (non-hydrogen) atoms. The molecule has 3 rings (SSSR count). The van der Waals surface area contributed by atoms with Crippen molar-refractivity contribution in [1.29, 1.82) is 0 Å². The average Bonchev–Trinajstić information content (AvgIpc) is 2.41. The molecule has 1 aliphatic heterocycles. The van der Waals surface area contributed by atoms with Gasteiger partial charge in [-0.15, -0.1) is 0 Å². The van der Waals surface area contributed by atoms with Crippen molar-refractivity contribution < 1.29 is 4.79 Å².